The molecule has 0 bridgehead atoms. The van der Waals surface area contributed by atoms with Gasteiger partial charge >= 0.3 is 0 Å². The number of nitrogens with two attached hydrogens (primary N) is 1. The lowest BCUT2D eigenvalue weighted by molar-refractivity contribution is -0.123. The van der Waals surface area contributed by atoms with Gasteiger partial charge in [0.15, 0.2) is 0 Å². The molecule has 2 fully saturated rings. The van der Waals surface area contributed by atoms with Crippen molar-refractivity contribution in [1.29, 1.82) is 0 Å². The van der Waals surface area contributed by atoms with Crippen molar-refractivity contribution in [2.45, 2.75) is 52.1 Å². The molecule has 2 aromatic rings. The summed E-state index contributed by atoms with van der Waals surface area (Å²) in [5.41, 5.74) is 6.89. The second kappa shape index (κ2) is 8.78. The van der Waals surface area contributed by atoms with Gasteiger partial charge in [-0.15, -0.1) is 0 Å². The van der Waals surface area contributed by atoms with Gasteiger partial charge in [-0.2, -0.15) is 0 Å². The molecule has 0 atom stereocenters. The van der Waals surface area contributed by atoms with Crippen molar-refractivity contribution in [2.24, 2.45) is 11.7 Å². The molecule has 2 amide bonds. The summed E-state index contributed by atoms with van der Waals surface area (Å²) in [4.78, 5) is 46.4. The smallest absolute Gasteiger partial charge is 0.259 e. The maximum Gasteiger partial charge on any atom is 0.259 e. The Bertz CT molecular complexity index is 1050. The number of hydrogen-bond acceptors (Lipinski definition) is 5. The molecule has 166 valence electrons. The van der Waals surface area contributed by atoms with Crippen molar-refractivity contribution in [3.8, 4) is 0 Å². The fourth-order valence-corrected chi connectivity index (χ4v) is 4.91. The molecule has 4 rings (SSSR count). The number of nitrogens with zero attached hydrogens (tertiary/aromatic N) is 4. The molecule has 2 saturated heterocycles. The van der Waals surface area contributed by atoms with E-state index in [2.05, 4.69) is 9.88 Å². The summed E-state index contributed by atoms with van der Waals surface area (Å²) in [7, 11) is 0. The summed E-state index contributed by atoms with van der Waals surface area (Å²) >= 11 is 0. The highest BCUT2D eigenvalue weighted by Crippen LogP contribution is 2.24. The predicted molar refractivity (Wildman–Crippen MR) is 119 cm³/mol. The molecule has 8 heteroatoms. The van der Waals surface area contributed by atoms with Gasteiger partial charge in [0.2, 0.25) is 11.3 Å². The number of aryl methyl sites for hydroxylation is 2. The van der Waals surface area contributed by atoms with Gasteiger partial charge < -0.3 is 20.1 Å². The van der Waals surface area contributed by atoms with E-state index in [1.807, 2.05) is 24.5 Å². The van der Waals surface area contributed by atoms with Crippen LogP contribution in [0.4, 0.5) is 0 Å². The maximum atomic E-state index is 13.2. The lowest BCUT2D eigenvalue weighted by atomic mass is 9.93. The average molecular weight is 426 g/mol. The van der Waals surface area contributed by atoms with E-state index in [0.717, 1.165) is 44.5 Å². The molecule has 0 aromatic carbocycles. The Labute approximate surface area is 182 Å². The molecule has 0 radical (unpaired) electrons. The van der Waals surface area contributed by atoms with Crippen LogP contribution >= 0.6 is 0 Å². The van der Waals surface area contributed by atoms with Gasteiger partial charge in [0.05, 0.1) is 5.39 Å². The molecule has 4 heterocycles. The maximum absolute atomic E-state index is 13.2. The third kappa shape index (κ3) is 4.21. The van der Waals surface area contributed by atoms with Crippen LogP contribution in [0.5, 0.6) is 0 Å². The number of likely N-dealkylation sites (tertiary alicyclic amines) is 2. The van der Waals surface area contributed by atoms with Gasteiger partial charge in [0.1, 0.15) is 11.2 Å². The van der Waals surface area contributed by atoms with Gasteiger partial charge in [-0.05, 0) is 64.8 Å². The zero-order valence-corrected chi connectivity index (χ0v) is 18.3. The minimum Gasteiger partial charge on any atom is -0.369 e. The topological polar surface area (TPSA) is 102 Å². The number of aromatic nitrogens is 2. The van der Waals surface area contributed by atoms with Crippen molar-refractivity contribution in [3.63, 3.8) is 0 Å². The molecule has 31 heavy (non-hydrogen) atoms. The number of piperidine rings is 2. The molecule has 0 saturated carbocycles. The Balaban J connectivity index is 1.46. The van der Waals surface area contributed by atoms with E-state index in [1.165, 1.54) is 0 Å². The third-order valence-corrected chi connectivity index (χ3v) is 6.83. The molecule has 2 aliphatic rings. The number of primary amides is 1. The van der Waals surface area contributed by atoms with Crippen LogP contribution in [-0.4, -0.2) is 63.4 Å². The summed E-state index contributed by atoms with van der Waals surface area (Å²) in [5.74, 6) is -0.399. The number of pyridine rings is 2. The lowest BCUT2D eigenvalue weighted by Crippen LogP contribution is -2.50. The zero-order chi connectivity index (χ0) is 22.1. The Morgan fingerprint density at radius 3 is 2.39 bits per heavy atom. The standard InChI is InChI=1S/C23H31N5O3/c1-3-26-14-19(20(29)18-5-4-15(2)25-22(18)26)23(31)28-12-8-17(9-13-28)27-10-6-16(7-11-27)21(24)30/h4-5,14,16-17H,3,6-13H2,1-2H3,(H2,24,30). The number of rotatable bonds is 4. The monoisotopic (exact) mass is 425 g/mol. The van der Waals surface area contributed by atoms with Crippen LogP contribution in [0.1, 0.15) is 48.7 Å². The molecular formula is C23H31N5O3. The van der Waals surface area contributed by atoms with Gasteiger partial charge in [-0.1, -0.05) is 0 Å². The predicted octanol–water partition coefficient (Wildman–Crippen LogP) is 1.53. The number of amides is 2. The molecule has 0 aliphatic carbocycles. The largest absolute Gasteiger partial charge is 0.369 e. The van der Waals surface area contributed by atoms with E-state index in [0.29, 0.717) is 36.7 Å². The summed E-state index contributed by atoms with van der Waals surface area (Å²) in [6.07, 6.45) is 5.05. The minimum atomic E-state index is -0.243. The van der Waals surface area contributed by atoms with E-state index >= 15 is 0 Å². The average Bonchev–Trinajstić information content (AvgIpc) is 2.79. The van der Waals surface area contributed by atoms with E-state index < -0.39 is 0 Å². The van der Waals surface area contributed by atoms with Crippen molar-refractivity contribution in [3.05, 3.63) is 39.8 Å². The third-order valence-electron chi connectivity index (χ3n) is 6.83. The van der Waals surface area contributed by atoms with Gasteiger partial charge in [0.25, 0.3) is 5.91 Å². The van der Waals surface area contributed by atoms with Gasteiger partial charge in [-0.3, -0.25) is 14.4 Å². The van der Waals surface area contributed by atoms with Gasteiger partial charge in [-0.25, -0.2) is 4.98 Å². The quantitative estimate of drug-likeness (QED) is 0.800. The molecular weight excluding hydrogens is 394 g/mol. The molecule has 2 aliphatic heterocycles. The Kier molecular flexibility index (Phi) is 6.09. The molecule has 2 N–H and O–H groups in total. The van der Waals surface area contributed by atoms with Crippen LogP contribution < -0.4 is 11.2 Å². The van der Waals surface area contributed by atoms with E-state index in [9.17, 15) is 14.4 Å². The van der Waals surface area contributed by atoms with Crippen molar-refractivity contribution in [2.75, 3.05) is 26.2 Å². The number of carbonyl (C=O) groups is 2. The van der Waals surface area contributed by atoms with Crippen LogP contribution in [0.3, 0.4) is 0 Å². The van der Waals surface area contributed by atoms with Crippen molar-refractivity contribution in [1.82, 2.24) is 19.4 Å². The molecule has 0 spiro atoms. The second-order valence-corrected chi connectivity index (χ2v) is 8.72. The highest BCUT2D eigenvalue weighted by Gasteiger charge is 2.32. The van der Waals surface area contributed by atoms with Crippen LogP contribution in [0.2, 0.25) is 0 Å². The summed E-state index contributed by atoms with van der Waals surface area (Å²) in [5, 5.41) is 0.491. The Hall–Kier alpha value is -2.74. The fraction of sp³-hybridized carbons (Fsp3) is 0.565. The highest BCUT2D eigenvalue weighted by molar-refractivity contribution is 5.97. The molecule has 8 nitrogen and oxygen atoms in total. The van der Waals surface area contributed by atoms with Crippen LogP contribution in [-0.2, 0) is 11.3 Å². The SMILES string of the molecule is CCn1cc(C(=O)N2CCC(N3CCC(C(N)=O)CC3)CC2)c(=O)c2ccc(C)nc21. The minimum absolute atomic E-state index is 0.00941. The number of hydrogen-bond donors (Lipinski definition) is 1. The molecule has 0 unspecified atom stereocenters. The first-order valence-electron chi connectivity index (χ1n) is 11.2. The van der Waals surface area contributed by atoms with Crippen LogP contribution in [0, 0.1) is 12.8 Å². The van der Waals surface area contributed by atoms with E-state index in [-0.39, 0.29) is 28.7 Å². The van der Waals surface area contributed by atoms with Crippen LogP contribution in [0.15, 0.2) is 23.1 Å². The summed E-state index contributed by atoms with van der Waals surface area (Å²) < 4.78 is 1.88. The lowest BCUT2D eigenvalue weighted by Gasteiger charge is -2.41. The Morgan fingerprint density at radius 1 is 1.10 bits per heavy atom. The zero-order valence-electron chi connectivity index (χ0n) is 18.3. The Morgan fingerprint density at radius 2 is 1.77 bits per heavy atom. The first-order chi connectivity index (χ1) is 14.9. The summed E-state index contributed by atoms with van der Waals surface area (Å²) in [6, 6.07) is 3.99. The number of fused-ring (bicyclic) bond motifs is 1. The second-order valence-electron chi connectivity index (χ2n) is 8.72. The summed E-state index contributed by atoms with van der Waals surface area (Å²) in [6.45, 7) is 7.54. The van der Waals surface area contributed by atoms with Crippen molar-refractivity contribution >= 4 is 22.8 Å². The number of carbonyl (C=O) groups excluding carboxylic acids is 2. The first-order valence-corrected chi connectivity index (χ1v) is 11.2. The first kappa shape index (κ1) is 21.5. The highest BCUT2D eigenvalue weighted by atomic mass is 16.2. The molecule has 2 aromatic heterocycles. The fourth-order valence-electron chi connectivity index (χ4n) is 4.91. The van der Waals surface area contributed by atoms with E-state index in [1.54, 1.807) is 17.2 Å². The van der Waals surface area contributed by atoms with Gasteiger partial charge in [0, 0.05) is 43.5 Å². The van der Waals surface area contributed by atoms with Crippen molar-refractivity contribution < 1.29 is 9.59 Å². The normalized spacial score (nSPS) is 19.1. The van der Waals surface area contributed by atoms with Crippen LogP contribution in [0.25, 0.3) is 11.0 Å². The van der Waals surface area contributed by atoms with E-state index in [4.69, 9.17) is 5.73 Å².